The molecule has 2 nitrogen and oxygen atoms in total. The molecule has 0 aliphatic heterocycles. The molecule has 2 aromatic rings. The Balaban J connectivity index is 0.000000127. The number of nitrogens with one attached hydrogen (secondary N) is 1. The lowest BCUT2D eigenvalue weighted by Crippen LogP contribution is -1.63. The van der Waals surface area contributed by atoms with E-state index < -0.39 is 0 Å². The van der Waals surface area contributed by atoms with E-state index in [-0.39, 0.29) is 0 Å². The smallest absolute Gasteiger partial charge is 0.0487 e. The van der Waals surface area contributed by atoms with Crippen molar-refractivity contribution in [3.05, 3.63) is 41.2 Å². The molecule has 0 amide bonds. The van der Waals surface area contributed by atoms with E-state index in [0.29, 0.717) is 0 Å². The van der Waals surface area contributed by atoms with Crippen LogP contribution in [0, 0.1) is 13.8 Å². The number of rotatable bonds is 0. The van der Waals surface area contributed by atoms with E-state index in [9.17, 15) is 0 Å². The molecule has 1 N–H and O–H groups in total. The van der Waals surface area contributed by atoms with Crippen LogP contribution in [0.2, 0.25) is 0 Å². The van der Waals surface area contributed by atoms with Gasteiger partial charge in [0.25, 0.3) is 0 Å². The predicted octanol–water partition coefficient (Wildman–Crippen LogP) is 2.74. The summed E-state index contributed by atoms with van der Waals surface area (Å²) < 4.78 is 0. The van der Waals surface area contributed by atoms with Gasteiger partial charge in [0.2, 0.25) is 0 Å². The number of aryl methyl sites for hydroxylation is 2. The van der Waals surface area contributed by atoms with Crippen LogP contribution < -0.4 is 0 Å². The largest absolute Gasteiger partial charge is 0.286 e. The van der Waals surface area contributed by atoms with E-state index in [0.717, 1.165) is 8.19 Å². The summed E-state index contributed by atoms with van der Waals surface area (Å²) in [5, 5.41) is 6.21. The van der Waals surface area contributed by atoms with Crippen molar-refractivity contribution >= 4 is 8.19 Å². The zero-order chi connectivity index (χ0) is 8.81. The van der Waals surface area contributed by atoms with Gasteiger partial charge in [-0.15, -0.1) is 8.19 Å². The molecule has 0 saturated carbocycles. The van der Waals surface area contributed by atoms with Crippen molar-refractivity contribution in [2.24, 2.45) is 0 Å². The fourth-order valence-corrected chi connectivity index (χ4v) is 1.77. The molecule has 0 radical (unpaired) electrons. The van der Waals surface area contributed by atoms with Gasteiger partial charge in [-0.1, -0.05) is 0 Å². The van der Waals surface area contributed by atoms with Crippen LogP contribution in [0.4, 0.5) is 0 Å². The quantitative estimate of drug-likeness (QED) is 0.663. The van der Waals surface area contributed by atoms with Crippen LogP contribution in [-0.4, -0.2) is 10.2 Å². The Bertz CT molecular complexity index is 264. The van der Waals surface area contributed by atoms with Gasteiger partial charge in [-0.05, 0) is 42.6 Å². The molecule has 2 heterocycles. The van der Waals surface area contributed by atoms with Gasteiger partial charge in [0, 0.05) is 12.4 Å². The fourth-order valence-electron chi connectivity index (χ4n) is 0.735. The Labute approximate surface area is 74.1 Å². The molecule has 0 aromatic carbocycles. The molecule has 0 aliphatic rings. The lowest BCUT2D eigenvalue weighted by atomic mass is 10.2. The summed E-state index contributed by atoms with van der Waals surface area (Å²) in [5.41, 5.74) is 2.91. The first kappa shape index (κ1) is 9.08. The van der Waals surface area contributed by atoms with Gasteiger partial charge in [-0.25, -0.2) is 0 Å². The molecule has 0 aliphatic carbocycles. The molecule has 0 atom stereocenters. The van der Waals surface area contributed by atoms with E-state index in [1.807, 2.05) is 6.07 Å². The van der Waals surface area contributed by atoms with Crippen LogP contribution >= 0.6 is 8.19 Å². The summed E-state index contributed by atoms with van der Waals surface area (Å²) in [6.07, 6.45) is 3.46. The summed E-state index contributed by atoms with van der Waals surface area (Å²) in [6, 6.07) is 1.83. The van der Waals surface area contributed by atoms with E-state index in [2.05, 4.69) is 35.6 Å². The van der Waals surface area contributed by atoms with Gasteiger partial charge in [0.1, 0.15) is 0 Å². The molecule has 0 spiro atoms. The molecule has 2 aromatic heterocycles. The number of hydrogen-bond donors (Lipinski definition) is 1. The molecule has 12 heavy (non-hydrogen) atoms. The van der Waals surface area contributed by atoms with Gasteiger partial charge < -0.3 is 0 Å². The second-order valence-electron chi connectivity index (χ2n) is 2.59. The lowest BCUT2D eigenvalue weighted by molar-refractivity contribution is 1.09. The third-order valence-electron chi connectivity index (χ3n) is 1.63. The molecule has 64 valence electrons. The van der Waals surface area contributed by atoms with E-state index in [1.165, 1.54) is 11.1 Å². The van der Waals surface area contributed by atoms with Gasteiger partial charge >= 0.3 is 0 Å². The first-order valence-corrected chi connectivity index (χ1v) is 5.00. The summed E-state index contributed by atoms with van der Waals surface area (Å²) in [4.78, 5) is 0. The third kappa shape index (κ3) is 2.93. The second-order valence-corrected chi connectivity index (χ2v) is 3.50. The highest BCUT2D eigenvalue weighted by molar-refractivity contribution is 7.28. The highest BCUT2D eigenvalue weighted by Crippen LogP contribution is 2.15. The average Bonchev–Trinajstić information content (AvgIpc) is 2.67. The molecule has 0 fully saturated rings. The van der Waals surface area contributed by atoms with Crippen molar-refractivity contribution in [2.45, 2.75) is 13.8 Å². The molecular formula is C9H13N2P. The maximum absolute atomic E-state index is 3.60. The Hall–Kier alpha value is -1.01. The molecule has 0 saturated heterocycles. The Morgan fingerprint density at radius 1 is 1.25 bits per heavy atom. The number of aromatic nitrogens is 2. The van der Waals surface area contributed by atoms with Crippen molar-refractivity contribution in [2.75, 3.05) is 0 Å². The van der Waals surface area contributed by atoms with Crippen LogP contribution in [-0.2, 0) is 0 Å². The van der Waals surface area contributed by atoms with Gasteiger partial charge in [-0.3, -0.25) is 5.10 Å². The molecule has 0 bridgehead atoms. The fraction of sp³-hybridized carbons (Fsp3) is 0.222. The zero-order valence-corrected chi connectivity index (χ0v) is 8.33. The summed E-state index contributed by atoms with van der Waals surface area (Å²) in [5.74, 6) is 4.55. The van der Waals surface area contributed by atoms with Crippen molar-refractivity contribution in [3.63, 3.8) is 0 Å². The minimum atomic E-state index is 0.945. The number of nitrogens with zero attached hydrogens (tertiary/aromatic N) is 1. The Morgan fingerprint density at radius 3 is 2.08 bits per heavy atom. The van der Waals surface area contributed by atoms with Crippen molar-refractivity contribution < 1.29 is 0 Å². The number of hydrogen-bond acceptors (Lipinski definition) is 1. The Kier molecular flexibility index (Phi) is 3.62. The van der Waals surface area contributed by atoms with Crippen molar-refractivity contribution in [1.82, 2.24) is 10.2 Å². The topological polar surface area (TPSA) is 28.7 Å². The molecule has 2 rings (SSSR count). The van der Waals surface area contributed by atoms with Crippen LogP contribution in [0.5, 0.6) is 0 Å². The van der Waals surface area contributed by atoms with Gasteiger partial charge in [0.15, 0.2) is 0 Å². The monoisotopic (exact) mass is 180 g/mol. The molecule has 0 unspecified atom stereocenters. The Morgan fingerprint density at radius 2 is 1.92 bits per heavy atom. The summed E-state index contributed by atoms with van der Waals surface area (Å²) in [7, 11) is 0.945. The zero-order valence-electron chi connectivity index (χ0n) is 7.33. The third-order valence-corrected chi connectivity index (χ3v) is 2.83. The maximum Gasteiger partial charge on any atom is 0.0487 e. The van der Waals surface area contributed by atoms with Crippen LogP contribution in [0.3, 0.4) is 0 Å². The van der Waals surface area contributed by atoms with E-state index in [1.54, 1.807) is 12.4 Å². The standard InChI is InChI=1S/C6H9P.C3H4N2/c1-5-3-7-4-6(5)2;1-2-4-5-3-1/h3-4,7H,1-2H3;1-3H,(H,4,5). The predicted molar refractivity (Wildman–Crippen MR) is 54.0 cm³/mol. The van der Waals surface area contributed by atoms with E-state index >= 15 is 0 Å². The first-order valence-electron chi connectivity index (χ1n) is 3.84. The van der Waals surface area contributed by atoms with Crippen molar-refractivity contribution in [1.29, 1.82) is 0 Å². The minimum Gasteiger partial charge on any atom is -0.286 e. The van der Waals surface area contributed by atoms with Crippen LogP contribution in [0.1, 0.15) is 11.1 Å². The van der Waals surface area contributed by atoms with Gasteiger partial charge in [0.05, 0.1) is 0 Å². The van der Waals surface area contributed by atoms with E-state index in [4.69, 9.17) is 0 Å². The maximum atomic E-state index is 3.60. The highest BCUT2D eigenvalue weighted by Gasteiger charge is 1.85. The van der Waals surface area contributed by atoms with Crippen LogP contribution in [0.15, 0.2) is 30.1 Å². The van der Waals surface area contributed by atoms with Crippen LogP contribution in [0.25, 0.3) is 0 Å². The number of H-pyrrole nitrogens is 1. The minimum absolute atomic E-state index is 0.945. The molecule has 3 heteroatoms. The highest BCUT2D eigenvalue weighted by atomic mass is 31.0. The summed E-state index contributed by atoms with van der Waals surface area (Å²) >= 11 is 0. The number of aromatic amines is 1. The summed E-state index contributed by atoms with van der Waals surface area (Å²) in [6.45, 7) is 4.32. The normalized spacial score (nSPS) is 8.83. The lowest BCUT2D eigenvalue weighted by Gasteiger charge is -1.80. The average molecular weight is 180 g/mol. The molecular weight excluding hydrogens is 167 g/mol. The SMILES string of the molecule is Cc1c[pH]cc1C.c1cn[nH]c1. The second kappa shape index (κ2) is 4.78. The first-order chi connectivity index (χ1) is 5.80. The van der Waals surface area contributed by atoms with Gasteiger partial charge in [-0.2, -0.15) is 5.10 Å². The van der Waals surface area contributed by atoms with Crippen molar-refractivity contribution in [3.8, 4) is 0 Å².